The lowest BCUT2D eigenvalue weighted by Gasteiger charge is -2.20. The zero-order valence-electron chi connectivity index (χ0n) is 63.6. The number of hydrogen-bond acceptors (Lipinski definition) is 8. The summed E-state index contributed by atoms with van der Waals surface area (Å²) in [4.78, 5) is 20.4. The lowest BCUT2D eigenvalue weighted by Crippen LogP contribution is -2.27. The molecule has 0 fully saturated rings. The van der Waals surface area contributed by atoms with Crippen molar-refractivity contribution in [2.75, 3.05) is 35.4 Å². The van der Waals surface area contributed by atoms with E-state index in [1.807, 2.05) is 58.8 Å². The molecule has 3 nitrogen and oxygen atoms in total. The molecule has 0 aromatic heterocycles. The lowest BCUT2D eigenvalue weighted by molar-refractivity contribution is -0.151. The van der Waals surface area contributed by atoms with Gasteiger partial charge in [0.05, 0.1) is 34.4 Å². The quantitative estimate of drug-likeness (QED) is 0.0163. The molecule has 8 heteroatoms. The molecule has 101 heavy (non-hydrogen) atoms. The van der Waals surface area contributed by atoms with Crippen molar-refractivity contribution < 1.29 is 14.3 Å². The number of thioether (sulfide) groups is 5. The van der Waals surface area contributed by atoms with E-state index in [4.69, 9.17) is 9.47 Å². The second-order valence-electron chi connectivity index (χ2n) is 27.0. The van der Waals surface area contributed by atoms with Crippen molar-refractivity contribution in [3.8, 4) is 65.0 Å². The molecule has 6 aromatic carbocycles. The van der Waals surface area contributed by atoms with E-state index in [2.05, 4.69) is 257 Å². The molecule has 0 saturated heterocycles. The molecule has 0 aliphatic heterocycles. The zero-order chi connectivity index (χ0) is 72.2. The van der Waals surface area contributed by atoms with Gasteiger partial charge in [-0.3, -0.25) is 0 Å². The summed E-state index contributed by atoms with van der Waals surface area (Å²) in [5, 5.41) is 0. The van der Waals surface area contributed by atoms with Crippen molar-refractivity contribution in [1.29, 1.82) is 0 Å². The largest absolute Gasteiger partial charge is 0.476 e. The number of rotatable bonds is 41. The molecule has 0 aliphatic carbocycles. The third kappa shape index (κ3) is 30.8. The molecule has 538 valence electrons. The first kappa shape index (κ1) is 84.1. The second-order valence-corrected chi connectivity index (χ2v) is 32.5. The molecular formula is C93H118O3S5. The molecule has 0 N–H and O–H groups in total. The van der Waals surface area contributed by atoms with Gasteiger partial charge >= 0.3 is 5.97 Å². The van der Waals surface area contributed by atoms with Crippen LogP contribution in [0.15, 0.2) is 146 Å². The number of esters is 1. The molecule has 0 spiro atoms. The summed E-state index contributed by atoms with van der Waals surface area (Å²) in [5.41, 5.74) is 6.83. The van der Waals surface area contributed by atoms with Gasteiger partial charge in [-0.15, -0.1) is 58.8 Å². The summed E-state index contributed by atoms with van der Waals surface area (Å²) in [5.74, 6) is 45.2. The van der Waals surface area contributed by atoms with Gasteiger partial charge in [0, 0.05) is 81.1 Å². The van der Waals surface area contributed by atoms with Crippen LogP contribution >= 0.6 is 58.8 Å². The van der Waals surface area contributed by atoms with Crippen LogP contribution in [0.4, 0.5) is 0 Å². The molecule has 0 heterocycles. The fourth-order valence-electron chi connectivity index (χ4n) is 11.5. The van der Waals surface area contributed by atoms with Gasteiger partial charge in [-0.05, 0) is 196 Å². The van der Waals surface area contributed by atoms with Gasteiger partial charge in [-0.1, -0.05) is 238 Å². The maximum absolute atomic E-state index is 14.3. The minimum absolute atomic E-state index is 0.283. The van der Waals surface area contributed by atoms with Crippen molar-refractivity contribution in [3.63, 3.8) is 0 Å². The molecule has 6 aromatic rings. The van der Waals surface area contributed by atoms with Gasteiger partial charge in [0.2, 0.25) is 0 Å². The van der Waals surface area contributed by atoms with Crippen molar-refractivity contribution in [3.05, 3.63) is 177 Å². The Labute approximate surface area is 636 Å². The minimum Gasteiger partial charge on any atom is -0.476 e. The predicted octanol–water partition coefficient (Wildman–Crippen LogP) is 26.3. The second kappa shape index (κ2) is 49.7. The Morgan fingerprint density at radius 1 is 0.307 bits per heavy atom. The Balaban J connectivity index is 1.70. The molecule has 6 atom stereocenters. The van der Waals surface area contributed by atoms with E-state index < -0.39 is 12.1 Å². The standard InChI is InChI=1S/C93H118O3S5/c1-13-24-30-72(19-7)66-97-82-50-35-77(36-51-82)45-60-87-88(61-46-78-37-52-83(53-38-78)98-67-73(20-8)31-25-14-2)90(63-48-80-41-56-85(57-42-80)100-69-75(22-10)33-27-16-4)92(96-71(12)93(94)95-65-29-18-6)91(64-49-81-43-58-86(59-44-81)101-70-76(23-11)34-28-17-5)89(87)62-47-79-39-54-84(55-40-79)99-68-74(21-9)32-26-15-3/h35-44,50-59,71-76H,13-34,65-70H2,1-12H3/t71-,72?,73?,74?,75?,76?/m0/s1. The van der Waals surface area contributed by atoms with E-state index in [9.17, 15) is 4.79 Å². The topological polar surface area (TPSA) is 35.5 Å². The third-order valence-electron chi connectivity index (χ3n) is 18.9. The molecule has 6 rings (SSSR count). The number of carbonyl (C=O) groups is 1. The minimum atomic E-state index is -1.05. The summed E-state index contributed by atoms with van der Waals surface area (Å²) < 4.78 is 13.1. The Morgan fingerprint density at radius 2 is 0.525 bits per heavy atom. The normalized spacial score (nSPS) is 12.7. The monoisotopic (exact) mass is 1440 g/mol. The molecular weight excluding hydrogens is 1330 g/mol. The molecule has 5 unspecified atom stereocenters. The Hall–Kier alpha value is -5.86. The summed E-state index contributed by atoms with van der Waals surface area (Å²) in [7, 11) is 0. The molecule has 0 amide bonds. The SMILES string of the molecule is CCCCOC(=O)[C@H](C)Oc1c(C#Cc2ccc(SCC(CC)CCCC)cc2)c(C#Cc2ccc(SCC(CC)CCCC)cc2)c(C#Cc2ccc(SCC(CC)CCCC)cc2)c(C#Cc2ccc(SCC(CC)CCCC)cc2)c1C#Cc1ccc(SCC(CC)CCCC)cc1. The summed E-state index contributed by atoms with van der Waals surface area (Å²) in [6, 6.07) is 43.1. The number of hydrogen-bond donors (Lipinski definition) is 0. The third-order valence-corrected chi connectivity index (χ3v) is 25.1. The average Bonchev–Trinajstić information content (AvgIpc) is 0.761. The summed E-state index contributed by atoms with van der Waals surface area (Å²) in [6.07, 6.45) is 25.1. The number of unbranched alkanes of at least 4 members (excludes halogenated alkanes) is 6. The van der Waals surface area contributed by atoms with Gasteiger partial charge < -0.3 is 9.47 Å². The van der Waals surface area contributed by atoms with Gasteiger partial charge in [0.1, 0.15) is 0 Å². The molecule has 0 aliphatic rings. The number of benzene rings is 6. The van der Waals surface area contributed by atoms with Crippen LogP contribution < -0.4 is 4.74 Å². The predicted molar refractivity (Wildman–Crippen MR) is 445 cm³/mol. The maximum Gasteiger partial charge on any atom is 0.347 e. The summed E-state index contributed by atoms with van der Waals surface area (Å²) >= 11 is 9.62. The fourth-order valence-corrected chi connectivity index (χ4v) is 17.3. The van der Waals surface area contributed by atoms with E-state index in [1.165, 1.54) is 153 Å². The van der Waals surface area contributed by atoms with E-state index in [0.29, 0.717) is 63.2 Å². The maximum atomic E-state index is 14.3. The highest BCUT2D eigenvalue weighted by atomic mass is 32.2. The van der Waals surface area contributed by atoms with Crippen molar-refractivity contribution in [2.24, 2.45) is 29.6 Å². The van der Waals surface area contributed by atoms with E-state index in [-0.39, 0.29) is 6.61 Å². The van der Waals surface area contributed by atoms with Gasteiger partial charge in [-0.2, -0.15) is 0 Å². The first-order chi connectivity index (χ1) is 49.4. The van der Waals surface area contributed by atoms with Crippen molar-refractivity contribution in [1.82, 2.24) is 0 Å². The zero-order valence-corrected chi connectivity index (χ0v) is 67.7. The number of ether oxygens (including phenoxy) is 2. The molecule has 0 bridgehead atoms. The first-order valence-electron chi connectivity index (χ1n) is 38.7. The van der Waals surface area contributed by atoms with Gasteiger partial charge in [0.15, 0.2) is 11.9 Å². The summed E-state index contributed by atoms with van der Waals surface area (Å²) in [6.45, 7) is 27.1. The fraction of sp³-hybridized carbons (Fsp3) is 0.495. The molecule has 0 radical (unpaired) electrons. The van der Waals surface area contributed by atoms with Gasteiger partial charge in [-0.25, -0.2) is 4.79 Å². The van der Waals surface area contributed by atoms with Crippen LogP contribution in [0.1, 0.15) is 280 Å². The van der Waals surface area contributed by atoms with Crippen molar-refractivity contribution >= 4 is 64.8 Å². The Kier molecular flexibility index (Phi) is 41.4. The lowest BCUT2D eigenvalue weighted by atomic mass is 9.89. The average molecular weight is 1440 g/mol. The van der Waals surface area contributed by atoms with Crippen LogP contribution in [-0.4, -0.2) is 47.4 Å². The van der Waals surface area contributed by atoms with E-state index in [0.717, 1.165) is 69.4 Å². The van der Waals surface area contributed by atoms with Gasteiger partial charge in [0.25, 0.3) is 0 Å². The van der Waals surface area contributed by atoms with Crippen LogP contribution in [-0.2, 0) is 9.53 Å². The van der Waals surface area contributed by atoms with Crippen LogP contribution in [0, 0.1) is 88.8 Å². The highest BCUT2D eigenvalue weighted by Gasteiger charge is 2.27. The Bertz CT molecular complexity index is 3510. The Morgan fingerprint density at radius 3 is 0.743 bits per heavy atom. The van der Waals surface area contributed by atoms with Crippen molar-refractivity contribution in [2.45, 2.75) is 255 Å². The van der Waals surface area contributed by atoms with E-state index >= 15 is 0 Å². The molecule has 0 saturated carbocycles. The van der Waals surface area contributed by atoms with Crippen LogP contribution in [0.25, 0.3) is 0 Å². The van der Waals surface area contributed by atoms with Crippen LogP contribution in [0.5, 0.6) is 5.75 Å². The van der Waals surface area contributed by atoms with E-state index in [1.54, 1.807) is 6.92 Å². The highest BCUT2D eigenvalue weighted by Crippen LogP contribution is 2.37. The smallest absolute Gasteiger partial charge is 0.347 e. The van der Waals surface area contributed by atoms with Crippen LogP contribution in [0.3, 0.4) is 0 Å². The van der Waals surface area contributed by atoms with Crippen LogP contribution in [0.2, 0.25) is 0 Å². The number of carbonyl (C=O) groups excluding carboxylic acids is 1. The highest BCUT2D eigenvalue weighted by molar-refractivity contribution is 8.00. The first-order valence-corrected chi connectivity index (χ1v) is 43.7.